The summed E-state index contributed by atoms with van der Waals surface area (Å²) in [6.45, 7) is 1.94. The van der Waals surface area contributed by atoms with E-state index in [4.69, 9.17) is 0 Å². The number of aryl methyl sites for hydroxylation is 1. The van der Waals surface area contributed by atoms with Crippen molar-refractivity contribution in [1.29, 1.82) is 0 Å². The van der Waals surface area contributed by atoms with Crippen LogP contribution in [0.4, 0.5) is 0 Å². The fraction of sp³-hybridized carbons (Fsp3) is 0.211. The molecule has 0 saturated heterocycles. The maximum Gasteiger partial charge on any atom is 0.274 e. The van der Waals surface area contributed by atoms with Crippen molar-refractivity contribution in [2.45, 2.75) is 19.4 Å². The molecule has 1 aromatic heterocycles. The van der Waals surface area contributed by atoms with Gasteiger partial charge in [-0.05, 0) is 18.6 Å². The SMILES string of the molecule is C[C@@H](NC(=O)Cc1nn(C)c(=O)c2ccccc12)c1ccccc1. The standard InChI is InChI=1S/C19H19N3O2/c1-13(14-8-4-3-5-9-14)20-18(23)12-17-15-10-6-7-11-16(15)19(24)22(2)21-17/h3-11,13H,12H2,1-2H3,(H,20,23)/t13-/m1/s1. The maximum absolute atomic E-state index is 12.4. The molecule has 0 bridgehead atoms. The molecule has 5 heteroatoms. The normalized spacial score (nSPS) is 12.1. The van der Waals surface area contributed by atoms with Crippen LogP contribution in [0.2, 0.25) is 0 Å². The van der Waals surface area contributed by atoms with Crippen molar-refractivity contribution in [3.63, 3.8) is 0 Å². The van der Waals surface area contributed by atoms with Gasteiger partial charge in [0.25, 0.3) is 5.56 Å². The van der Waals surface area contributed by atoms with Crippen LogP contribution in [0.1, 0.15) is 24.2 Å². The Balaban J connectivity index is 1.84. The Bertz CT molecular complexity index is 932. The topological polar surface area (TPSA) is 64.0 Å². The fourth-order valence-electron chi connectivity index (χ4n) is 2.78. The molecule has 3 rings (SSSR count). The summed E-state index contributed by atoms with van der Waals surface area (Å²) in [5, 5.41) is 8.54. The highest BCUT2D eigenvalue weighted by molar-refractivity contribution is 5.88. The Hall–Kier alpha value is -2.95. The van der Waals surface area contributed by atoms with E-state index < -0.39 is 0 Å². The number of nitrogens with one attached hydrogen (secondary N) is 1. The van der Waals surface area contributed by atoms with Gasteiger partial charge < -0.3 is 5.32 Å². The van der Waals surface area contributed by atoms with Crippen molar-refractivity contribution >= 4 is 16.7 Å². The van der Waals surface area contributed by atoms with Crippen LogP contribution in [0.5, 0.6) is 0 Å². The summed E-state index contributed by atoms with van der Waals surface area (Å²) in [6, 6.07) is 16.9. The molecule has 2 aromatic carbocycles. The van der Waals surface area contributed by atoms with Crippen LogP contribution in [-0.2, 0) is 18.3 Å². The van der Waals surface area contributed by atoms with Crippen molar-refractivity contribution in [3.05, 3.63) is 76.2 Å². The average molecular weight is 321 g/mol. The first-order valence-electron chi connectivity index (χ1n) is 7.85. The summed E-state index contributed by atoms with van der Waals surface area (Å²) in [5.74, 6) is -0.123. The molecule has 1 heterocycles. The molecule has 0 aliphatic rings. The molecular weight excluding hydrogens is 302 g/mol. The highest BCUT2D eigenvalue weighted by Gasteiger charge is 2.14. The molecule has 122 valence electrons. The third-order valence-electron chi connectivity index (χ3n) is 4.04. The Morgan fingerprint density at radius 3 is 2.42 bits per heavy atom. The number of fused-ring (bicyclic) bond motifs is 1. The van der Waals surface area contributed by atoms with Crippen molar-refractivity contribution in [2.75, 3.05) is 0 Å². The lowest BCUT2D eigenvalue weighted by Crippen LogP contribution is -2.30. The van der Waals surface area contributed by atoms with E-state index in [1.807, 2.05) is 55.5 Å². The number of amides is 1. The molecule has 5 nitrogen and oxygen atoms in total. The molecule has 0 aliphatic carbocycles. The van der Waals surface area contributed by atoms with Gasteiger partial charge in [0.2, 0.25) is 5.91 Å². The van der Waals surface area contributed by atoms with Gasteiger partial charge in [-0.1, -0.05) is 48.5 Å². The number of carbonyl (C=O) groups excluding carboxylic acids is 1. The smallest absolute Gasteiger partial charge is 0.274 e. The third-order valence-corrected chi connectivity index (χ3v) is 4.04. The van der Waals surface area contributed by atoms with Gasteiger partial charge in [0, 0.05) is 12.4 Å². The number of carbonyl (C=O) groups is 1. The van der Waals surface area contributed by atoms with E-state index in [-0.39, 0.29) is 23.9 Å². The van der Waals surface area contributed by atoms with Gasteiger partial charge in [-0.2, -0.15) is 5.10 Å². The van der Waals surface area contributed by atoms with Crippen LogP contribution in [0.25, 0.3) is 10.8 Å². The lowest BCUT2D eigenvalue weighted by Gasteiger charge is -2.15. The van der Waals surface area contributed by atoms with E-state index in [1.54, 1.807) is 13.1 Å². The molecule has 24 heavy (non-hydrogen) atoms. The number of nitrogens with zero attached hydrogens (tertiary/aromatic N) is 2. The number of hydrogen-bond donors (Lipinski definition) is 1. The quantitative estimate of drug-likeness (QED) is 0.802. The van der Waals surface area contributed by atoms with Gasteiger partial charge in [0.1, 0.15) is 0 Å². The van der Waals surface area contributed by atoms with Crippen LogP contribution in [-0.4, -0.2) is 15.7 Å². The van der Waals surface area contributed by atoms with Crippen molar-refractivity contribution < 1.29 is 4.79 Å². The summed E-state index contributed by atoms with van der Waals surface area (Å²) in [6.07, 6.45) is 0.131. The second-order valence-electron chi connectivity index (χ2n) is 5.80. The number of rotatable bonds is 4. The van der Waals surface area contributed by atoms with E-state index >= 15 is 0 Å². The Kier molecular flexibility index (Phi) is 4.42. The van der Waals surface area contributed by atoms with E-state index in [0.29, 0.717) is 11.1 Å². The number of benzene rings is 2. The zero-order valence-corrected chi connectivity index (χ0v) is 13.7. The second-order valence-corrected chi connectivity index (χ2v) is 5.80. The molecule has 0 spiro atoms. The van der Waals surface area contributed by atoms with Gasteiger partial charge in [-0.15, -0.1) is 0 Å². The molecule has 1 N–H and O–H groups in total. The van der Waals surface area contributed by atoms with Crippen LogP contribution >= 0.6 is 0 Å². The van der Waals surface area contributed by atoms with Crippen LogP contribution in [0, 0.1) is 0 Å². The first-order chi connectivity index (χ1) is 11.6. The average Bonchev–Trinajstić information content (AvgIpc) is 2.60. The summed E-state index contributed by atoms with van der Waals surface area (Å²) < 4.78 is 1.28. The molecule has 1 atom stereocenters. The van der Waals surface area contributed by atoms with Crippen molar-refractivity contribution in [1.82, 2.24) is 15.1 Å². The van der Waals surface area contributed by atoms with E-state index in [2.05, 4.69) is 10.4 Å². The molecule has 3 aromatic rings. The van der Waals surface area contributed by atoms with Crippen molar-refractivity contribution in [3.8, 4) is 0 Å². The predicted molar refractivity (Wildman–Crippen MR) is 93.7 cm³/mol. The van der Waals surface area contributed by atoms with Crippen molar-refractivity contribution in [2.24, 2.45) is 7.05 Å². The fourth-order valence-corrected chi connectivity index (χ4v) is 2.78. The Morgan fingerprint density at radius 2 is 1.71 bits per heavy atom. The van der Waals surface area contributed by atoms with E-state index in [0.717, 1.165) is 10.9 Å². The first-order valence-corrected chi connectivity index (χ1v) is 7.85. The van der Waals surface area contributed by atoms with E-state index in [1.165, 1.54) is 4.68 Å². The summed E-state index contributed by atoms with van der Waals surface area (Å²) in [7, 11) is 1.60. The number of aromatic nitrogens is 2. The molecule has 0 aliphatic heterocycles. The third kappa shape index (κ3) is 3.20. The summed E-state index contributed by atoms with van der Waals surface area (Å²) >= 11 is 0. The molecule has 0 radical (unpaired) electrons. The zero-order valence-electron chi connectivity index (χ0n) is 13.7. The minimum absolute atomic E-state index is 0.0857. The maximum atomic E-state index is 12.4. The first kappa shape index (κ1) is 15.9. The molecule has 0 fully saturated rings. The highest BCUT2D eigenvalue weighted by Crippen LogP contribution is 2.15. The minimum atomic E-state index is -0.160. The van der Waals surface area contributed by atoms with Crippen LogP contribution < -0.4 is 10.9 Å². The lowest BCUT2D eigenvalue weighted by atomic mass is 10.1. The van der Waals surface area contributed by atoms with Gasteiger partial charge >= 0.3 is 0 Å². The predicted octanol–water partition coefficient (Wildman–Crippen LogP) is 2.35. The summed E-state index contributed by atoms with van der Waals surface area (Å²) in [4.78, 5) is 24.5. The van der Waals surface area contributed by atoms with Crippen LogP contribution in [0.3, 0.4) is 0 Å². The van der Waals surface area contributed by atoms with E-state index in [9.17, 15) is 9.59 Å². The molecule has 1 amide bonds. The molecule has 0 unspecified atom stereocenters. The largest absolute Gasteiger partial charge is 0.349 e. The minimum Gasteiger partial charge on any atom is -0.349 e. The molecule has 0 saturated carbocycles. The van der Waals surface area contributed by atoms with Crippen LogP contribution in [0.15, 0.2) is 59.4 Å². The highest BCUT2D eigenvalue weighted by atomic mass is 16.1. The summed E-state index contributed by atoms with van der Waals surface area (Å²) in [5.41, 5.74) is 1.49. The second kappa shape index (κ2) is 6.66. The van der Waals surface area contributed by atoms with Gasteiger partial charge in [0.15, 0.2) is 0 Å². The van der Waals surface area contributed by atoms with Gasteiger partial charge in [-0.3, -0.25) is 9.59 Å². The molecular formula is C19H19N3O2. The van der Waals surface area contributed by atoms with Gasteiger partial charge in [0.05, 0.1) is 23.5 Å². The van der Waals surface area contributed by atoms with Gasteiger partial charge in [-0.25, -0.2) is 4.68 Å². The Morgan fingerprint density at radius 1 is 1.08 bits per heavy atom. The lowest BCUT2D eigenvalue weighted by molar-refractivity contribution is -0.121. The monoisotopic (exact) mass is 321 g/mol. The zero-order chi connectivity index (χ0) is 17.1. The Labute approximate surface area is 139 Å². The number of hydrogen-bond acceptors (Lipinski definition) is 3.